The van der Waals surface area contributed by atoms with E-state index < -0.39 is 9.05 Å². The van der Waals surface area contributed by atoms with E-state index >= 15 is 0 Å². The molecular formula is C10H20O5Si. The van der Waals surface area contributed by atoms with Gasteiger partial charge in [-0.15, -0.1) is 0 Å². The van der Waals surface area contributed by atoms with E-state index in [1.54, 1.807) is 13.0 Å². The van der Waals surface area contributed by atoms with Crippen LogP contribution in [0.25, 0.3) is 0 Å². The first kappa shape index (κ1) is 15.5. The number of ketones is 1. The Morgan fingerprint density at radius 1 is 1.25 bits per heavy atom. The zero-order chi connectivity index (χ0) is 12.4. The second kappa shape index (κ2) is 8.60. The van der Waals surface area contributed by atoms with Crippen LogP contribution in [-0.4, -0.2) is 42.3 Å². The molecule has 6 heteroatoms. The molecule has 0 rings (SSSR count). The van der Waals surface area contributed by atoms with Crippen LogP contribution in [-0.2, 0) is 22.5 Å². The number of carbonyl (C=O) groups is 1. The van der Waals surface area contributed by atoms with Gasteiger partial charge in [0.25, 0.3) is 0 Å². The maximum absolute atomic E-state index is 11.2. The Bertz CT molecular complexity index is 225. The second-order valence-corrected chi connectivity index (χ2v) is 5.41. The lowest BCUT2D eigenvalue weighted by Gasteiger charge is -2.24. The van der Waals surface area contributed by atoms with Gasteiger partial charge in [0, 0.05) is 20.8 Å². The lowest BCUT2D eigenvalue weighted by molar-refractivity contribution is -0.119. The minimum atomic E-state index is -3.11. The standard InChI is InChI=1S/C10H20O5Si/c1-5-7-10(11)9-15-16(12-3,13-4)14-8-6-2/h5,7H,6,8-9H2,1-4H3. The fourth-order valence-electron chi connectivity index (χ4n) is 0.981. The average molecular weight is 248 g/mol. The largest absolute Gasteiger partial charge is 0.679 e. The quantitative estimate of drug-likeness (QED) is 0.455. The van der Waals surface area contributed by atoms with Crippen molar-refractivity contribution in [2.75, 3.05) is 27.4 Å². The van der Waals surface area contributed by atoms with Crippen LogP contribution < -0.4 is 0 Å². The average Bonchev–Trinajstić information content (AvgIpc) is 2.31. The molecule has 0 aliphatic heterocycles. The summed E-state index contributed by atoms with van der Waals surface area (Å²) in [6, 6.07) is 0. The zero-order valence-corrected chi connectivity index (χ0v) is 11.3. The normalized spacial score (nSPS) is 12.2. The number of rotatable bonds is 9. The van der Waals surface area contributed by atoms with Gasteiger partial charge in [-0.2, -0.15) is 0 Å². The minimum absolute atomic E-state index is 0.0953. The van der Waals surface area contributed by atoms with Crippen molar-refractivity contribution in [2.24, 2.45) is 0 Å². The molecule has 0 heterocycles. The van der Waals surface area contributed by atoms with E-state index in [1.807, 2.05) is 6.92 Å². The van der Waals surface area contributed by atoms with Gasteiger partial charge in [-0.1, -0.05) is 13.0 Å². The molecule has 0 spiro atoms. The number of hydrogen-bond donors (Lipinski definition) is 0. The molecule has 0 amide bonds. The molecule has 0 aliphatic rings. The third kappa shape index (κ3) is 5.52. The summed E-state index contributed by atoms with van der Waals surface area (Å²) >= 11 is 0. The molecule has 5 nitrogen and oxygen atoms in total. The van der Waals surface area contributed by atoms with E-state index in [0.717, 1.165) is 6.42 Å². The first-order valence-corrected chi connectivity index (χ1v) is 6.81. The van der Waals surface area contributed by atoms with Gasteiger partial charge in [0.1, 0.15) is 6.61 Å². The van der Waals surface area contributed by atoms with Crippen molar-refractivity contribution < 1.29 is 22.5 Å². The summed E-state index contributed by atoms with van der Waals surface area (Å²) < 4.78 is 20.9. The second-order valence-electron chi connectivity index (χ2n) is 3.01. The fraction of sp³-hybridized carbons (Fsp3) is 0.700. The molecule has 0 atom stereocenters. The third-order valence-corrected chi connectivity index (χ3v) is 3.78. The smallest absolute Gasteiger partial charge is 0.355 e. The molecule has 16 heavy (non-hydrogen) atoms. The maximum Gasteiger partial charge on any atom is 0.679 e. The Kier molecular flexibility index (Phi) is 8.31. The Labute approximate surface area is 97.8 Å². The van der Waals surface area contributed by atoms with Gasteiger partial charge in [-0.3, -0.25) is 4.79 Å². The SMILES string of the molecule is CC=CC(=O)CO[Si](OC)(OC)OCCC. The van der Waals surface area contributed by atoms with Crippen molar-refractivity contribution in [3.8, 4) is 0 Å². The van der Waals surface area contributed by atoms with Crippen LogP contribution in [0.1, 0.15) is 20.3 Å². The monoisotopic (exact) mass is 248 g/mol. The first-order valence-electron chi connectivity index (χ1n) is 5.17. The van der Waals surface area contributed by atoms with E-state index in [1.165, 1.54) is 20.3 Å². The Morgan fingerprint density at radius 2 is 1.88 bits per heavy atom. The highest BCUT2D eigenvalue weighted by Gasteiger charge is 2.43. The van der Waals surface area contributed by atoms with Crippen LogP contribution in [0.15, 0.2) is 12.2 Å². The molecule has 0 aliphatic carbocycles. The summed E-state index contributed by atoms with van der Waals surface area (Å²) in [5, 5.41) is 0. The number of hydrogen-bond acceptors (Lipinski definition) is 5. The summed E-state index contributed by atoms with van der Waals surface area (Å²) in [5.41, 5.74) is 0. The molecule has 0 aromatic rings. The molecule has 0 saturated carbocycles. The highest BCUT2D eigenvalue weighted by molar-refractivity contribution is 6.53. The van der Waals surface area contributed by atoms with Crippen LogP contribution in [0.3, 0.4) is 0 Å². The maximum atomic E-state index is 11.2. The molecule has 0 saturated heterocycles. The van der Waals surface area contributed by atoms with E-state index in [2.05, 4.69) is 0 Å². The zero-order valence-electron chi connectivity index (χ0n) is 10.3. The summed E-state index contributed by atoms with van der Waals surface area (Å²) in [4.78, 5) is 11.2. The number of carbonyl (C=O) groups excluding carboxylic acids is 1. The third-order valence-electron chi connectivity index (χ3n) is 1.73. The number of allylic oxidation sites excluding steroid dienone is 1. The topological polar surface area (TPSA) is 54.0 Å². The van der Waals surface area contributed by atoms with Crippen molar-refractivity contribution in [2.45, 2.75) is 20.3 Å². The molecule has 0 aromatic heterocycles. The minimum Gasteiger partial charge on any atom is -0.355 e. The van der Waals surface area contributed by atoms with Crippen molar-refractivity contribution in [1.82, 2.24) is 0 Å². The highest BCUT2D eigenvalue weighted by atomic mass is 28.4. The molecule has 0 bridgehead atoms. The van der Waals surface area contributed by atoms with Crippen molar-refractivity contribution >= 4 is 14.8 Å². The van der Waals surface area contributed by atoms with Crippen LogP contribution in [0.2, 0.25) is 0 Å². The molecule has 94 valence electrons. The Morgan fingerprint density at radius 3 is 2.31 bits per heavy atom. The van der Waals surface area contributed by atoms with E-state index in [4.69, 9.17) is 17.7 Å². The van der Waals surface area contributed by atoms with Crippen molar-refractivity contribution in [1.29, 1.82) is 0 Å². The van der Waals surface area contributed by atoms with Gasteiger partial charge >= 0.3 is 9.05 Å². The molecule has 0 unspecified atom stereocenters. The van der Waals surface area contributed by atoms with Crippen LogP contribution in [0.4, 0.5) is 0 Å². The molecule has 0 N–H and O–H groups in total. The van der Waals surface area contributed by atoms with Gasteiger partial charge in [0.05, 0.1) is 0 Å². The molecular weight excluding hydrogens is 228 g/mol. The lowest BCUT2D eigenvalue weighted by atomic mass is 10.4. The van der Waals surface area contributed by atoms with E-state index in [9.17, 15) is 4.79 Å². The summed E-state index contributed by atoms with van der Waals surface area (Å²) in [6.45, 7) is 4.12. The molecule has 0 radical (unpaired) electrons. The predicted molar refractivity (Wildman–Crippen MR) is 61.8 cm³/mol. The van der Waals surface area contributed by atoms with Gasteiger partial charge in [-0.25, -0.2) is 0 Å². The van der Waals surface area contributed by atoms with Crippen molar-refractivity contribution in [3.05, 3.63) is 12.2 Å². The highest BCUT2D eigenvalue weighted by Crippen LogP contribution is 2.09. The Hall–Kier alpha value is -0.533. The van der Waals surface area contributed by atoms with Crippen molar-refractivity contribution in [3.63, 3.8) is 0 Å². The summed E-state index contributed by atoms with van der Waals surface area (Å²) in [5.74, 6) is -0.145. The lowest BCUT2D eigenvalue weighted by Crippen LogP contribution is -2.48. The molecule has 0 aromatic carbocycles. The van der Waals surface area contributed by atoms with Gasteiger partial charge in [0.15, 0.2) is 5.78 Å². The molecule has 0 fully saturated rings. The summed E-state index contributed by atoms with van der Waals surface area (Å²) in [6.07, 6.45) is 3.92. The Balaban J connectivity index is 4.25. The van der Waals surface area contributed by atoms with Crippen LogP contribution in [0.5, 0.6) is 0 Å². The van der Waals surface area contributed by atoms with Gasteiger partial charge in [0.2, 0.25) is 0 Å². The van der Waals surface area contributed by atoms with Crippen LogP contribution >= 0.6 is 0 Å². The summed E-state index contributed by atoms with van der Waals surface area (Å²) in [7, 11) is -0.211. The van der Waals surface area contributed by atoms with E-state index in [0.29, 0.717) is 6.61 Å². The van der Waals surface area contributed by atoms with Crippen LogP contribution in [0, 0.1) is 0 Å². The fourth-order valence-corrected chi connectivity index (χ4v) is 2.48. The van der Waals surface area contributed by atoms with Gasteiger partial charge in [-0.05, 0) is 19.4 Å². The van der Waals surface area contributed by atoms with E-state index in [-0.39, 0.29) is 12.4 Å². The van der Waals surface area contributed by atoms with Gasteiger partial charge < -0.3 is 17.7 Å². The first-order chi connectivity index (χ1) is 7.64. The predicted octanol–water partition coefficient (Wildman–Crippen LogP) is 1.30.